The number of ketones is 1. The maximum atomic E-state index is 12.3. The van der Waals surface area contributed by atoms with E-state index in [-0.39, 0.29) is 17.7 Å². The molecule has 1 N–H and O–H groups in total. The minimum Gasteiger partial charge on any atom is -0.493 e. The summed E-state index contributed by atoms with van der Waals surface area (Å²) >= 11 is 0. The number of Topliss-reactive ketones (excluding diaryl/α,β-unsaturated/α-hetero) is 1. The van der Waals surface area contributed by atoms with Gasteiger partial charge in [0.15, 0.2) is 5.78 Å². The van der Waals surface area contributed by atoms with E-state index in [1.165, 1.54) is 0 Å². The molecule has 0 heterocycles. The molecule has 0 spiro atoms. The first-order chi connectivity index (χ1) is 10.3. The Bertz CT molecular complexity index is 449. The predicted octanol–water partition coefficient (Wildman–Crippen LogP) is 3.86. The lowest BCUT2D eigenvalue weighted by Crippen LogP contribution is -2.44. The van der Waals surface area contributed by atoms with Gasteiger partial charge in [0.2, 0.25) is 0 Å². The molecule has 0 saturated heterocycles. The molecule has 1 aromatic carbocycles. The van der Waals surface area contributed by atoms with Crippen LogP contribution in [-0.2, 0) is 11.2 Å². The van der Waals surface area contributed by atoms with E-state index in [0.717, 1.165) is 24.3 Å². The largest absolute Gasteiger partial charge is 0.493 e. The van der Waals surface area contributed by atoms with Crippen LogP contribution in [0.4, 0.5) is 0 Å². The standard InChI is InChI=1S/C19H31NO2/c1-13(2)12-22-17-9-7-16(8-10-17)11-18(20-15(5)6)19(21)14(3)4/h7-10,13-15,18,20H,11-12H2,1-6H3/t18-/m0/s1. The minimum atomic E-state index is -0.123. The molecule has 0 aliphatic heterocycles. The number of ether oxygens (including phenoxy) is 1. The summed E-state index contributed by atoms with van der Waals surface area (Å²) in [4.78, 5) is 12.3. The highest BCUT2D eigenvalue weighted by Crippen LogP contribution is 2.16. The van der Waals surface area contributed by atoms with E-state index in [9.17, 15) is 4.79 Å². The summed E-state index contributed by atoms with van der Waals surface area (Å²) in [6.45, 7) is 13.1. The third-order valence-corrected chi connectivity index (χ3v) is 3.39. The topological polar surface area (TPSA) is 38.3 Å². The number of nitrogens with one attached hydrogen (secondary N) is 1. The van der Waals surface area contributed by atoms with Crippen LogP contribution in [0.2, 0.25) is 0 Å². The summed E-state index contributed by atoms with van der Waals surface area (Å²) in [7, 11) is 0. The molecule has 0 amide bonds. The van der Waals surface area contributed by atoms with Gasteiger partial charge in [-0.3, -0.25) is 4.79 Å². The Hall–Kier alpha value is -1.35. The van der Waals surface area contributed by atoms with Gasteiger partial charge in [-0.15, -0.1) is 0 Å². The fourth-order valence-corrected chi connectivity index (χ4v) is 2.27. The fourth-order valence-electron chi connectivity index (χ4n) is 2.27. The number of hydrogen-bond acceptors (Lipinski definition) is 3. The molecule has 3 heteroatoms. The molecule has 124 valence electrons. The van der Waals surface area contributed by atoms with Gasteiger partial charge in [-0.25, -0.2) is 0 Å². The van der Waals surface area contributed by atoms with Crippen LogP contribution in [0.5, 0.6) is 5.75 Å². The van der Waals surface area contributed by atoms with Crippen LogP contribution < -0.4 is 10.1 Å². The molecule has 0 bridgehead atoms. The van der Waals surface area contributed by atoms with Gasteiger partial charge in [0.05, 0.1) is 12.6 Å². The first kappa shape index (κ1) is 18.7. The lowest BCUT2D eigenvalue weighted by molar-refractivity contribution is -0.124. The first-order valence-corrected chi connectivity index (χ1v) is 8.31. The van der Waals surface area contributed by atoms with E-state index in [2.05, 4.69) is 45.1 Å². The highest BCUT2D eigenvalue weighted by molar-refractivity contribution is 5.86. The van der Waals surface area contributed by atoms with Crippen molar-refractivity contribution in [3.8, 4) is 5.75 Å². The predicted molar refractivity (Wildman–Crippen MR) is 92.4 cm³/mol. The second-order valence-electron chi connectivity index (χ2n) is 6.98. The van der Waals surface area contributed by atoms with E-state index < -0.39 is 0 Å². The first-order valence-electron chi connectivity index (χ1n) is 8.31. The Morgan fingerprint density at radius 3 is 2.09 bits per heavy atom. The Balaban J connectivity index is 2.70. The number of carbonyl (C=O) groups excluding carboxylic acids is 1. The van der Waals surface area contributed by atoms with Crippen LogP contribution in [0.15, 0.2) is 24.3 Å². The zero-order chi connectivity index (χ0) is 16.7. The van der Waals surface area contributed by atoms with Crippen molar-refractivity contribution in [2.75, 3.05) is 6.61 Å². The number of benzene rings is 1. The smallest absolute Gasteiger partial charge is 0.152 e. The number of carbonyl (C=O) groups is 1. The summed E-state index contributed by atoms with van der Waals surface area (Å²) in [6, 6.07) is 8.26. The average Bonchev–Trinajstić information content (AvgIpc) is 2.44. The van der Waals surface area contributed by atoms with Gasteiger partial charge >= 0.3 is 0 Å². The van der Waals surface area contributed by atoms with E-state index >= 15 is 0 Å². The van der Waals surface area contributed by atoms with E-state index in [0.29, 0.717) is 12.0 Å². The molecular weight excluding hydrogens is 274 g/mol. The monoisotopic (exact) mass is 305 g/mol. The molecule has 1 rings (SSSR count). The Morgan fingerprint density at radius 2 is 1.64 bits per heavy atom. The van der Waals surface area contributed by atoms with E-state index in [4.69, 9.17) is 4.74 Å². The average molecular weight is 305 g/mol. The molecule has 0 fully saturated rings. The van der Waals surface area contributed by atoms with Gasteiger partial charge < -0.3 is 10.1 Å². The lowest BCUT2D eigenvalue weighted by atomic mass is 9.95. The summed E-state index contributed by atoms with van der Waals surface area (Å²) in [6.07, 6.45) is 0.722. The van der Waals surface area contributed by atoms with Gasteiger partial charge in [0, 0.05) is 12.0 Å². The molecule has 0 saturated carbocycles. The molecule has 0 unspecified atom stereocenters. The third kappa shape index (κ3) is 6.61. The van der Waals surface area contributed by atoms with Crippen molar-refractivity contribution < 1.29 is 9.53 Å². The second-order valence-corrected chi connectivity index (χ2v) is 6.98. The van der Waals surface area contributed by atoms with Crippen molar-refractivity contribution in [1.82, 2.24) is 5.32 Å². The van der Waals surface area contributed by atoms with Crippen LogP contribution in [-0.4, -0.2) is 24.5 Å². The van der Waals surface area contributed by atoms with Gasteiger partial charge in [-0.1, -0.05) is 53.7 Å². The lowest BCUT2D eigenvalue weighted by Gasteiger charge is -2.22. The van der Waals surface area contributed by atoms with Crippen LogP contribution >= 0.6 is 0 Å². The molecule has 0 aliphatic rings. The number of hydrogen-bond donors (Lipinski definition) is 1. The van der Waals surface area contributed by atoms with Crippen LogP contribution in [0, 0.1) is 11.8 Å². The Labute approximate surface area is 135 Å². The summed E-state index contributed by atoms with van der Waals surface area (Å²) in [5, 5.41) is 3.38. The fraction of sp³-hybridized carbons (Fsp3) is 0.632. The highest BCUT2D eigenvalue weighted by atomic mass is 16.5. The van der Waals surface area contributed by atoms with Crippen LogP contribution in [0.1, 0.15) is 47.1 Å². The summed E-state index contributed by atoms with van der Waals surface area (Å²) in [5.74, 6) is 1.72. The highest BCUT2D eigenvalue weighted by Gasteiger charge is 2.22. The van der Waals surface area contributed by atoms with E-state index in [1.807, 2.05) is 26.0 Å². The molecule has 0 radical (unpaired) electrons. The maximum absolute atomic E-state index is 12.3. The molecule has 1 aromatic rings. The molecule has 3 nitrogen and oxygen atoms in total. The molecule has 0 aromatic heterocycles. The second kappa shape index (κ2) is 8.94. The van der Waals surface area contributed by atoms with E-state index in [1.54, 1.807) is 0 Å². The SMILES string of the molecule is CC(C)COc1ccc(C[C@H](NC(C)C)C(=O)C(C)C)cc1. The molecular formula is C19H31NO2. The third-order valence-electron chi connectivity index (χ3n) is 3.39. The van der Waals surface area contributed by atoms with Gasteiger partial charge in [0.1, 0.15) is 5.75 Å². The number of rotatable bonds is 9. The zero-order valence-corrected chi connectivity index (χ0v) is 14.8. The van der Waals surface area contributed by atoms with Crippen LogP contribution in [0.3, 0.4) is 0 Å². The van der Waals surface area contributed by atoms with Gasteiger partial charge in [-0.05, 0) is 30.0 Å². The normalized spacial score (nSPS) is 13.0. The minimum absolute atomic E-state index is 0.0462. The van der Waals surface area contributed by atoms with Gasteiger partial charge in [-0.2, -0.15) is 0 Å². The van der Waals surface area contributed by atoms with Crippen molar-refractivity contribution >= 4 is 5.78 Å². The maximum Gasteiger partial charge on any atom is 0.152 e. The van der Waals surface area contributed by atoms with Crippen LogP contribution in [0.25, 0.3) is 0 Å². The Morgan fingerprint density at radius 1 is 1.05 bits per heavy atom. The summed E-state index contributed by atoms with van der Waals surface area (Å²) in [5.41, 5.74) is 1.16. The quantitative estimate of drug-likeness (QED) is 0.753. The zero-order valence-electron chi connectivity index (χ0n) is 14.8. The molecule has 22 heavy (non-hydrogen) atoms. The van der Waals surface area contributed by atoms with Crippen molar-refractivity contribution in [1.29, 1.82) is 0 Å². The van der Waals surface area contributed by atoms with Crippen molar-refractivity contribution in [3.05, 3.63) is 29.8 Å². The van der Waals surface area contributed by atoms with Gasteiger partial charge in [0.25, 0.3) is 0 Å². The van der Waals surface area contributed by atoms with Crippen molar-refractivity contribution in [2.45, 2.75) is 60.0 Å². The molecule has 1 atom stereocenters. The Kier molecular flexibility index (Phi) is 7.60. The van der Waals surface area contributed by atoms with Crippen molar-refractivity contribution in [2.24, 2.45) is 11.8 Å². The molecule has 0 aliphatic carbocycles. The summed E-state index contributed by atoms with van der Waals surface area (Å²) < 4.78 is 5.70. The van der Waals surface area contributed by atoms with Crippen molar-refractivity contribution in [3.63, 3.8) is 0 Å².